The van der Waals surface area contributed by atoms with Crippen LogP contribution in [-0.4, -0.2) is 15.8 Å². The van der Waals surface area contributed by atoms with Gasteiger partial charge in [0.2, 0.25) is 0 Å². The molecule has 0 saturated heterocycles. The molecule has 1 saturated carbocycles. The minimum Gasteiger partial charge on any atom is -0.358 e. The molecule has 0 radical (unpaired) electrons. The number of nitrogens with zero attached hydrogens (tertiary/aromatic N) is 2. The zero-order valence-corrected chi connectivity index (χ0v) is 13.4. The van der Waals surface area contributed by atoms with Crippen LogP contribution in [0.3, 0.4) is 0 Å². The van der Waals surface area contributed by atoms with Crippen molar-refractivity contribution < 1.29 is 0 Å². The van der Waals surface area contributed by atoms with E-state index in [0.29, 0.717) is 28.6 Å². The predicted molar refractivity (Wildman–Crippen MR) is 89.1 cm³/mol. The van der Waals surface area contributed by atoms with Crippen LogP contribution in [0.5, 0.6) is 0 Å². The molecule has 1 aromatic heterocycles. The van der Waals surface area contributed by atoms with Gasteiger partial charge in [-0.3, -0.25) is 10.2 Å². The predicted octanol–water partition coefficient (Wildman–Crippen LogP) is 1.72. The van der Waals surface area contributed by atoms with Crippen molar-refractivity contribution in [3.05, 3.63) is 45.4 Å². The van der Waals surface area contributed by atoms with Gasteiger partial charge in [-0.2, -0.15) is 5.26 Å². The standard InChI is InChI=1S/C16H18N4OS/c1-9-5-10(2)20(15(21)13(9)8-17)19-16(22)18-14-7-11-3-4-12(14)6-11/h3-5,11-12,14H,6-7H2,1-2H3,(H2,18,19,22)/t11-,12+,14+/m0/s1. The maximum Gasteiger partial charge on any atom is 0.287 e. The average Bonchev–Trinajstić information content (AvgIpc) is 3.06. The van der Waals surface area contributed by atoms with Crippen molar-refractivity contribution in [2.24, 2.45) is 11.8 Å². The number of allylic oxidation sites excluding steroid dienone is 1. The van der Waals surface area contributed by atoms with Gasteiger partial charge >= 0.3 is 0 Å². The third-order valence-electron chi connectivity index (χ3n) is 4.51. The number of rotatable bonds is 2. The lowest BCUT2D eigenvalue weighted by atomic mass is 10.0. The quantitative estimate of drug-likeness (QED) is 0.642. The summed E-state index contributed by atoms with van der Waals surface area (Å²) >= 11 is 5.33. The van der Waals surface area contributed by atoms with E-state index in [2.05, 4.69) is 22.9 Å². The summed E-state index contributed by atoms with van der Waals surface area (Å²) in [5.41, 5.74) is 4.10. The van der Waals surface area contributed by atoms with E-state index in [9.17, 15) is 4.79 Å². The monoisotopic (exact) mass is 314 g/mol. The molecule has 2 N–H and O–H groups in total. The Kier molecular flexibility index (Phi) is 3.75. The number of nitrogens with one attached hydrogen (secondary N) is 2. The fourth-order valence-electron chi connectivity index (χ4n) is 3.41. The van der Waals surface area contributed by atoms with Crippen LogP contribution in [0.4, 0.5) is 0 Å². The Bertz CT molecular complexity index is 759. The van der Waals surface area contributed by atoms with Crippen LogP contribution in [0.15, 0.2) is 23.0 Å². The molecular formula is C16H18N4OS. The van der Waals surface area contributed by atoms with Crippen LogP contribution in [0.2, 0.25) is 0 Å². The van der Waals surface area contributed by atoms with Crippen LogP contribution in [0.1, 0.15) is 29.7 Å². The summed E-state index contributed by atoms with van der Waals surface area (Å²) in [5, 5.41) is 12.8. The van der Waals surface area contributed by atoms with E-state index < -0.39 is 0 Å². The number of aryl methyl sites for hydroxylation is 2. The maximum atomic E-state index is 12.3. The summed E-state index contributed by atoms with van der Waals surface area (Å²) in [7, 11) is 0. The Morgan fingerprint density at radius 3 is 2.77 bits per heavy atom. The van der Waals surface area contributed by atoms with Gasteiger partial charge in [-0.25, -0.2) is 4.68 Å². The Labute approximate surface area is 134 Å². The van der Waals surface area contributed by atoms with Crippen molar-refractivity contribution >= 4 is 17.3 Å². The molecule has 0 aromatic carbocycles. The van der Waals surface area contributed by atoms with E-state index in [-0.39, 0.29) is 11.1 Å². The molecule has 0 aliphatic heterocycles. The Morgan fingerprint density at radius 2 is 2.18 bits per heavy atom. The summed E-state index contributed by atoms with van der Waals surface area (Å²) in [6.07, 6.45) is 6.77. The molecule has 3 atom stereocenters. The van der Waals surface area contributed by atoms with Gasteiger partial charge in [0.25, 0.3) is 5.56 Å². The topological polar surface area (TPSA) is 69.8 Å². The van der Waals surface area contributed by atoms with Crippen LogP contribution < -0.4 is 16.3 Å². The van der Waals surface area contributed by atoms with Crippen LogP contribution >= 0.6 is 12.2 Å². The van der Waals surface area contributed by atoms with Gasteiger partial charge in [0.15, 0.2) is 5.11 Å². The molecular weight excluding hydrogens is 296 g/mol. The molecule has 1 heterocycles. The molecule has 6 heteroatoms. The molecule has 1 aromatic rings. The Morgan fingerprint density at radius 1 is 1.41 bits per heavy atom. The third kappa shape index (κ3) is 2.53. The first-order chi connectivity index (χ1) is 10.5. The lowest BCUT2D eigenvalue weighted by Crippen LogP contribution is -2.46. The molecule has 0 unspecified atom stereocenters. The molecule has 22 heavy (non-hydrogen) atoms. The fourth-order valence-corrected chi connectivity index (χ4v) is 3.66. The third-order valence-corrected chi connectivity index (χ3v) is 4.72. The Balaban J connectivity index is 1.76. The van der Waals surface area contributed by atoms with E-state index in [1.165, 1.54) is 11.1 Å². The highest BCUT2D eigenvalue weighted by atomic mass is 32.1. The minimum atomic E-state index is -0.364. The Hall–Kier alpha value is -2.13. The van der Waals surface area contributed by atoms with Gasteiger partial charge < -0.3 is 5.32 Å². The van der Waals surface area contributed by atoms with Crippen molar-refractivity contribution in [1.82, 2.24) is 9.99 Å². The van der Waals surface area contributed by atoms with E-state index in [1.54, 1.807) is 13.0 Å². The van der Waals surface area contributed by atoms with Gasteiger partial charge in [-0.15, -0.1) is 0 Å². The zero-order chi connectivity index (χ0) is 15.9. The first-order valence-electron chi connectivity index (χ1n) is 7.39. The second-order valence-electron chi connectivity index (χ2n) is 6.07. The second-order valence-corrected chi connectivity index (χ2v) is 6.48. The van der Waals surface area contributed by atoms with E-state index in [4.69, 9.17) is 17.5 Å². The van der Waals surface area contributed by atoms with Gasteiger partial charge in [0, 0.05) is 11.7 Å². The first-order valence-corrected chi connectivity index (χ1v) is 7.79. The molecule has 2 aliphatic rings. The summed E-state index contributed by atoms with van der Waals surface area (Å²) < 4.78 is 1.34. The molecule has 1 fully saturated rings. The number of fused-ring (bicyclic) bond motifs is 2. The average molecular weight is 314 g/mol. The highest BCUT2D eigenvalue weighted by Crippen LogP contribution is 2.38. The van der Waals surface area contributed by atoms with Crippen LogP contribution in [0.25, 0.3) is 0 Å². The summed E-state index contributed by atoms with van der Waals surface area (Å²) in [6, 6.07) is 4.08. The highest BCUT2D eigenvalue weighted by Gasteiger charge is 2.35. The molecule has 5 nitrogen and oxygen atoms in total. The molecule has 0 amide bonds. The second kappa shape index (κ2) is 5.58. The van der Waals surface area contributed by atoms with E-state index >= 15 is 0 Å². The van der Waals surface area contributed by atoms with Gasteiger partial charge in [0.1, 0.15) is 11.6 Å². The molecule has 2 bridgehead atoms. The summed E-state index contributed by atoms with van der Waals surface area (Å²) in [6.45, 7) is 3.57. The minimum absolute atomic E-state index is 0.142. The van der Waals surface area contributed by atoms with Crippen molar-refractivity contribution in [1.29, 1.82) is 5.26 Å². The molecule has 114 valence electrons. The van der Waals surface area contributed by atoms with Crippen molar-refractivity contribution in [2.45, 2.75) is 32.7 Å². The summed E-state index contributed by atoms with van der Waals surface area (Å²) in [5.74, 6) is 1.18. The molecule has 0 spiro atoms. The normalized spacial score (nSPS) is 25.0. The maximum absolute atomic E-state index is 12.3. The van der Waals surface area contributed by atoms with Gasteiger partial charge in [-0.1, -0.05) is 12.2 Å². The van der Waals surface area contributed by atoms with E-state index in [1.807, 2.05) is 13.0 Å². The van der Waals surface area contributed by atoms with Crippen molar-refractivity contribution in [3.63, 3.8) is 0 Å². The number of nitriles is 1. The van der Waals surface area contributed by atoms with Crippen molar-refractivity contribution in [2.75, 3.05) is 5.43 Å². The lowest BCUT2D eigenvalue weighted by molar-refractivity contribution is 0.524. The number of hydrogen-bond donors (Lipinski definition) is 2. The van der Waals surface area contributed by atoms with Gasteiger partial charge in [0.05, 0.1) is 0 Å². The number of aromatic nitrogens is 1. The SMILES string of the molecule is Cc1cc(C)n(NC(=S)N[C@@H]2C[C@H]3C=C[C@@H]2C3)c(=O)c1C#N. The van der Waals surface area contributed by atoms with Crippen LogP contribution in [-0.2, 0) is 0 Å². The van der Waals surface area contributed by atoms with Crippen molar-refractivity contribution in [3.8, 4) is 6.07 Å². The molecule has 2 aliphatic carbocycles. The lowest BCUT2D eigenvalue weighted by Gasteiger charge is -2.23. The number of thiocarbonyl (C=S) groups is 1. The largest absolute Gasteiger partial charge is 0.358 e. The van der Waals surface area contributed by atoms with Crippen LogP contribution in [0, 0.1) is 37.0 Å². The molecule has 3 rings (SSSR count). The summed E-state index contributed by atoms with van der Waals surface area (Å²) in [4.78, 5) is 12.3. The number of hydrogen-bond acceptors (Lipinski definition) is 3. The van der Waals surface area contributed by atoms with E-state index in [0.717, 1.165) is 12.1 Å². The number of pyridine rings is 1. The zero-order valence-electron chi connectivity index (χ0n) is 12.6. The fraction of sp³-hybridized carbons (Fsp3) is 0.438. The highest BCUT2D eigenvalue weighted by molar-refractivity contribution is 7.80. The van der Waals surface area contributed by atoms with Gasteiger partial charge in [-0.05, 0) is 62.4 Å². The first kappa shape index (κ1) is 14.8. The smallest absolute Gasteiger partial charge is 0.287 e.